The Morgan fingerprint density at radius 2 is 2.00 bits per heavy atom. The molecule has 2 N–H and O–H groups in total. The van der Waals surface area contributed by atoms with Crippen LogP contribution in [-0.4, -0.2) is 4.98 Å². The Kier molecular flexibility index (Phi) is 2.72. The average Bonchev–Trinajstić information content (AvgIpc) is 2.61. The lowest BCUT2D eigenvalue weighted by molar-refractivity contribution is 0.604. The summed E-state index contributed by atoms with van der Waals surface area (Å²) in [7, 11) is 0. The van der Waals surface area contributed by atoms with Gasteiger partial charge in [-0.1, -0.05) is 26.8 Å². The molecule has 2 heterocycles. The Labute approximate surface area is 100 Å². The Morgan fingerprint density at radius 3 is 2.50 bits per heavy atom. The zero-order chi connectivity index (χ0) is 11.8. The smallest absolute Gasteiger partial charge is 0.0954 e. The lowest BCUT2D eigenvalue weighted by Crippen LogP contribution is -2.07. The molecule has 0 aromatic carbocycles. The number of hydrogen-bond donors (Lipinski definition) is 1. The van der Waals surface area contributed by atoms with E-state index in [4.69, 9.17) is 5.73 Å². The molecule has 0 radical (unpaired) electrons. The van der Waals surface area contributed by atoms with Gasteiger partial charge in [0.25, 0.3) is 0 Å². The first-order valence-electron chi connectivity index (χ1n) is 5.29. The Bertz CT molecular complexity index is 480. The van der Waals surface area contributed by atoms with Crippen LogP contribution < -0.4 is 5.73 Å². The number of hydrogen-bond acceptors (Lipinski definition) is 3. The van der Waals surface area contributed by atoms with Crippen molar-refractivity contribution in [3.8, 4) is 11.3 Å². The lowest BCUT2D eigenvalue weighted by Gasteiger charge is -2.15. The molecule has 2 aromatic rings. The van der Waals surface area contributed by atoms with Crippen molar-refractivity contribution in [3.63, 3.8) is 0 Å². The van der Waals surface area contributed by atoms with Crippen LogP contribution in [0.25, 0.3) is 11.3 Å². The number of nitrogens with zero attached hydrogens (tertiary/aromatic N) is 1. The van der Waals surface area contributed by atoms with Crippen molar-refractivity contribution >= 4 is 16.3 Å². The van der Waals surface area contributed by atoms with E-state index in [2.05, 4.69) is 31.8 Å². The largest absolute Gasteiger partial charge is 0.390 e. The fourth-order valence-electron chi connectivity index (χ4n) is 1.50. The van der Waals surface area contributed by atoms with Crippen LogP contribution in [-0.2, 0) is 5.41 Å². The van der Waals surface area contributed by atoms with E-state index in [1.54, 1.807) is 17.5 Å². The average molecular weight is 232 g/mol. The minimum Gasteiger partial charge on any atom is -0.390 e. The fourth-order valence-corrected chi connectivity index (χ4v) is 2.49. The van der Waals surface area contributed by atoms with E-state index in [1.165, 1.54) is 4.88 Å². The molecule has 0 spiro atoms. The molecule has 0 aliphatic rings. The first-order valence-corrected chi connectivity index (χ1v) is 6.11. The van der Waals surface area contributed by atoms with Crippen LogP contribution in [0.5, 0.6) is 0 Å². The van der Waals surface area contributed by atoms with Crippen molar-refractivity contribution < 1.29 is 0 Å². The summed E-state index contributed by atoms with van der Waals surface area (Å²) < 4.78 is 0. The van der Waals surface area contributed by atoms with Gasteiger partial charge in [0.1, 0.15) is 0 Å². The highest BCUT2D eigenvalue weighted by atomic mass is 32.1. The van der Waals surface area contributed by atoms with Gasteiger partial charge in [-0.15, -0.1) is 11.3 Å². The topological polar surface area (TPSA) is 38.9 Å². The summed E-state index contributed by atoms with van der Waals surface area (Å²) in [5, 5.41) is 0.851. The third-order valence-electron chi connectivity index (χ3n) is 2.44. The second-order valence-electron chi connectivity index (χ2n) is 4.85. The quantitative estimate of drug-likeness (QED) is 0.814. The summed E-state index contributed by atoms with van der Waals surface area (Å²) in [6, 6.07) is 8.04. The van der Waals surface area contributed by atoms with Gasteiger partial charge in [-0.05, 0) is 23.6 Å². The van der Waals surface area contributed by atoms with Crippen molar-refractivity contribution in [3.05, 3.63) is 35.3 Å². The van der Waals surface area contributed by atoms with E-state index in [-0.39, 0.29) is 5.41 Å². The van der Waals surface area contributed by atoms with Crippen LogP contribution in [0.1, 0.15) is 25.6 Å². The van der Waals surface area contributed by atoms with E-state index in [1.807, 2.05) is 18.2 Å². The number of anilines is 1. The molecule has 2 aromatic heterocycles. The molecular weight excluding hydrogens is 216 g/mol. The molecule has 0 saturated heterocycles. The summed E-state index contributed by atoms with van der Waals surface area (Å²) in [5.41, 5.74) is 8.20. The Hall–Kier alpha value is -1.35. The van der Waals surface area contributed by atoms with Crippen molar-refractivity contribution in [2.45, 2.75) is 26.2 Å². The molecule has 0 atom stereocenters. The van der Waals surface area contributed by atoms with Crippen LogP contribution in [0, 0.1) is 0 Å². The molecule has 0 unspecified atom stereocenters. The van der Waals surface area contributed by atoms with E-state index >= 15 is 0 Å². The van der Waals surface area contributed by atoms with Crippen LogP contribution in [0.4, 0.5) is 5.00 Å². The fraction of sp³-hybridized carbons (Fsp3) is 0.308. The van der Waals surface area contributed by atoms with Crippen LogP contribution in [0.2, 0.25) is 0 Å². The number of pyridine rings is 1. The third kappa shape index (κ3) is 2.09. The van der Waals surface area contributed by atoms with Gasteiger partial charge in [0.05, 0.1) is 10.7 Å². The van der Waals surface area contributed by atoms with Gasteiger partial charge in [-0.25, -0.2) is 0 Å². The SMILES string of the molecule is CC(C)(C)c1cc(-c2ccccn2)c(N)s1. The zero-order valence-electron chi connectivity index (χ0n) is 9.82. The number of nitrogens with two attached hydrogens (primary N) is 1. The van der Waals surface area contributed by atoms with Gasteiger partial charge in [0.2, 0.25) is 0 Å². The van der Waals surface area contributed by atoms with Crippen LogP contribution in [0.3, 0.4) is 0 Å². The monoisotopic (exact) mass is 232 g/mol. The lowest BCUT2D eigenvalue weighted by atomic mass is 9.94. The molecular formula is C13H16N2S. The molecule has 0 fully saturated rings. The summed E-state index contributed by atoms with van der Waals surface area (Å²) in [6.07, 6.45) is 1.79. The third-order valence-corrected chi connectivity index (χ3v) is 3.83. The molecule has 16 heavy (non-hydrogen) atoms. The van der Waals surface area contributed by atoms with Gasteiger partial charge in [-0.3, -0.25) is 4.98 Å². The standard InChI is InChI=1S/C13H16N2S/c1-13(2,3)11-8-9(12(14)16-11)10-6-4-5-7-15-10/h4-8H,14H2,1-3H3. The van der Waals surface area contributed by atoms with E-state index in [9.17, 15) is 0 Å². The van der Waals surface area contributed by atoms with Gasteiger partial charge >= 0.3 is 0 Å². The Morgan fingerprint density at radius 1 is 1.25 bits per heavy atom. The van der Waals surface area contributed by atoms with Gasteiger partial charge in [-0.2, -0.15) is 0 Å². The Balaban J connectivity index is 2.48. The van der Waals surface area contributed by atoms with E-state index in [0.717, 1.165) is 16.3 Å². The molecule has 0 saturated carbocycles. The first kappa shape index (κ1) is 11.1. The highest BCUT2D eigenvalue weighted by molar-refractivity contribution is 7.16. The maximum atomic E-state index is 6.05. The van der Waals surface area contributed by atoms with Crippen molar-refractivity contribution in [1.82, 2.24) is 4.98 Å². The molecule has 84 valence electrons. The number of rotatable bonds is 1. The van der Waals surface area contributed by atoms with Crippen LogP contribution >= 0.6 is 11.3 Å². The summed E-state index contributed by atoms with van der Waals surface area (Å²) >= 11 is 1.65. The van der Waals surface area contributed by atoms with Crippen molar-refractivity contribution in [2.24, 2.45) is 0 Å². The van der Waals surface area contributed by atoms with Crippen molar-refractivity contribution in [1.29, 1.82) is 0 Å². The highest BCUT2D eigenvalue weighted by Crippen LogP contribution is 2.38. The number of aromatic nitrogens is 1. The van der Waals surface area contributed by atoms with Gasteiger partial charge in [0.15, 0.2) is 0 Å². The predicted molar refractivity (Wildman–Crippen MR) is 70.7 cm³/mol. The maximum Gasteiger partial charge on any atom is 0.0954 e. The second-order valence-corrected chi connectivity index (χ2v) is 5.94. The van der Waals surface area contributed by atoms with Crippen LogP contribution in [0.15, 0.2) is 30.5 Å². The molecule has 0 amide bonds. The number of nitrogen functional groups attached to an aromatic ring is 1. The minimum atomic E-state index is 0.145. The molecule has 3 heteroatoms. The second kappa shape index (κ2) is 3.91. The first-order chi connectivity index (χ1) is 7.48. The summed E-state index contributed by atoms with van der Waals surface area (Å²) in [5.74, 6) is 0. The molecule has 2 nitrogen and oxygen atoms in total. The predicted octanol–water partition coefficient (Wildman–Crippen LogP) is 3.69. The highest BCUT2D eigenvalue weighted by Gasteiger charge is 2.19. The summed E-state index contributed by atoms with van der Waals surface area (Å²) in [4.78, 5) is 5.63. The molecule has 0 aliphatic heterocycles. The van der Waals surface area contributed by atoms with Crippen molar-refractivity contribution in [2.75, 3.05) is 5.73 Å². The zero-order valence-corrected chi connectivity index (χ0v) is 10.6. The normalized spacial score (nSPS) is 11.7. The van der Waals surface area contributed by atoms with Gasteiger partial charge < -0.3 is 5.73 Å². The summed E-state index contributed by atoms with van der Waals surface area (Å²) in [6.45, 7) is 6.58. The maximum absolute atomic E-state index is 6.05. The van der Waals surface area contributed by atoms with Gasteiger partial charge in [0, 0.05) is 16.6 Å². The minimum absolute atomic E-state index is 0.145. The van der Waals surface area contributed by atoms with E-state index in [0.29, 0.717) is 0 Å². The molecule has 0 aliphatic carbocycles. The van der Waals surface area contributed by atoms with E-state index < -0.39 is 0 Å². The molecule has 0 bridgehead atoms. The molecule has 2 rings (SSSR count). The number of thiophene rings is 1.